The second kappa shape index (κ2) is 7.15. The summed E-state index contributed by atoms with van der Waals surface area (Å²) in [4.78, 5) is 23.1. The summed E-state index contributed by atoms with van der Waals surface area (Å²) >= 11 is 0. The van der Waals surface area contributed by atoms with Crippen LogP contribution in [0.4, 0.5) is 8.78 Å². The van der Waals surface area contributed by atoms with Crippen molar-refractivity contribution in [2.24, 2.45) is 5.92 Å². The molecule has 0 aliphatic rings. The van der Waals surface area contributed by atoms with Crippen LogP contribution in [0.25, 0.3) is 0 Å². The summed E-state index contributed by atoms with van der Waals surface area (Å²) in [6.45, 7) is 8.01. The van der Waals surface area contributed by atoms with Crippen LogP contribution >= 0.6 is 0 Å². The molecule has 0 bridgehead atoms. The highest BCUT2D eigenvalue weighted by molar-refractivity contribution is 5.93. The summed E-state index contributed by atoms with van der Waals surface area (Å²) in [5.41, 5.74) is -0.655. The quantitative estimate of drug-likeness (QED) is 0.796. The average Bonchev–Trinajstić information content (AvgIpc) is 2.42. The topological polar surface area (TPSA) is 72.8 Å². The molecular formula is C17H22F2O5. The van der Waals surface area contributed by atoms with Gasteiger partial charge in [0.15, 0.2) is 6.10 Å². The van der Waals surface area contributed by atoms with Gasteiger partial charge in [-0.05, 0) is 38.8 Å². The summed E-state index contributed by atoms with van der Waals surface area (Å²) in [6.07, 6.45) is -2.09. The lowest BCUT2D eigenvalue weighted by atomic mass is 10.0. The fraction of sp³-hybridized carbons (Fsp3) is 0.529. The van der Waals surface area contributed by atoms with E-state index in [0.29, 0.717) is 0 Å². The number of rotatable bonds is 6. The first-order valence-corrected chi connectivity index (χ1v) is 7.46. The first-order chi connectivity index (χ1) is 10.9. The molecule has 0 amide bonds. The van der Waals surface area contributed by atoms with E-state index in [1.807, 2.05) is 0 Å². The maximum Gasteiger partial charge on any atom is 0.378 e. The Labute approximate surface area is 139 Å². The molecule has 0 saturated carbocycles. The number of para-hydroxylation sites is 1. The van der Waals surface area contributed by atoms with Crippen LogP contribution in [0.5, 0.6) is 5.75 Å². The van der Waals surface area contributed by atoms with Crippen molar-refractivity contribution in [2.75, 3.05) is 0 Å². The minimum absolute atomic E-state index is 0.0423. The standard InChI is InChI=1S/C17H22F2O5/c1-10(2)13(17(18,19)15(21)22)23-14(20)11-8-6-7-9-12(11)24-16(3,4)5/h6-10,13H,1-5H3,(H,21,22). The van der Waals surface area contributed by atoms with Crippen molar-refractivity contribution in [3.8, 4) is 5.75 Å². The summed E-state index contributed by atoms with van der Waals surface area (Å²) in [5.74, 6) is -8.31. The minimum Gasteiger partial charge on any atom is -0.487 e. The van der Waals surface area contributed by atoms with Crippen LogP contribution in [-0.4, -0.2) is 34.7 Å². The lowest BCUT2D eigenvalue weighted by Crippen LogP contribution is -2.47. The smallest absolute Gasteiger partial charge is 0.378 e. The number of hydrogen-bond donors (Lipinski definition) is 1. The summed E-state index contributed by atoms with van der Waals surface area (Å²) in [5, 5.41) is 8.69. The van der Waals surface area contributed by atoms with Gasteiger partial charge in [0.2, 0.25) is 0 Å². The number of ether oxygens (including phenoxy) is 2. The summed E-state index contributed by atoms with van der Waals surface area (Å²) in [6, 6.07) is 6.05. The first-order valence-electron chi connectivity index (χ1n) is 7.46. The van der Waals surface area contributed by atoms with E-state index in [9.17, 15) is 18.4 Å². The van der Waals surface area contributed by atoms with Crippen LogP contribution in [-0.2, 0) is 9.53 Å². The molecule has 0 fully saturated rings. The molecule has 0 aromatic heterocycles. The maximum absolute atomic E-state index is 13.8. The Morgan fingerprint density at radius 2 is 1.67 bits per heavy atom. The van der Waals surface area contributed by atoms with Gasteiger partial charge in [0.05, 0.1) is 0 Å². The van der Waals surface area contributed by atoms with E-state index >= 15 is 0 Å². The SMILES string of the molecule is CC(C)C(OC(=O)c1ccccc1OC(C)(C)C)C(F)(F)C(=O)O. The molecule has 1 aromatic rings. The molecule has 0 spiro atoms. The predicted molar refractivity (Wildman–Crippen MR) is 83.4 cm³/mol. The fourth-order valence-corrected chi connectivity index (χ4v) is 1.98. The fourth-order valence-electron chi connectivity index (χ4n) is 1.98. The number of halogens is 2. The Hall–Kier alpha value is -2.18. The maximum atomic E-state index is 13.8. The Morgan fingerprint density at radius 1 is 1.12 bits per heavy atom. The molecule has 1 rings (SSSR count). The van der Waals surface area contributed by atoms with Gasteiger partial charge in [-0.1, -0.05) is 26.0 Å². The van der Waals surface area contributed by atoms with Gasteiger partial charge in [-0.15, -0.1) is 0 Å². The second-order valence-corrected chi connectivity index (χ2v) is 6.71. The van der Waals surface area contributed by atoms with E-state index < -0.39 is 35.5 Å². The van der Waals surface area contributed by atoms with Crippen molar-refractivity contribution in [1.82, 2.24) is 0 Å². The van der Waals surface area contributed by atoms with E-state index in [4.69, 9.17) is 14.6 Å². The van der Waals surface area contributed by atoms with Gasteiger partial charge in [-0.2, -0.15) is 8.78 Å². The summed E-state index contributed by atoms with van der Waals surface area (Å²) < 4.78 is 38.1. The second-order valence-electron chi connectivity index (χ2n) is 6.71. The van der Waals surface area contributed by atoms with Gasteiger partial charge >= 0.3 is 17.9 Å². The Kier molecular flexibility index (Phi) is 5.92. The minimum atomic E-state index is -4.19. The van der Waals surface area contributed by atoms with Crippen LogP contribution in [0.1, 0.15) is 45.0 Å². The molecule has 0 aliphatic heterocycles. The lowest BCUT2D eigenvalue weighted by Gasteiger charge is -2.27. The number of carboxylic acid groups (broad SMARTS) is 1. The van der Waals surface area contributed by atoms with E-state index in [-0.39, 0.29) is 11.3 Å². The van der Waals surface area contributed by atoms with Crippen molar-refractivity contribution >= 4 is 11.9 Å². The number of aliphatic carboxylic acids is 1. The number of carbonyl (C=O) groups excluding carboxylic acids is 1. The molecule has 134 valence electrons. The molecule has 1 atom stereocenters. The van der Waals surface area contributed by atoms with Gasteiger partial charge < -0.3 is 14.6 Å². The molecular weight excluding hydrogens is 322 g/mol. The zero-order chi connectivity index (χ0) is 18.7. The zero-order valence-corrected chi connectivity index (χ0v) is 14.3. The molecule has 24 heavy (non-hydrogen) atoms. The van der Waals surface area contributed by atoms with E-state index in [2.05, 4.69) is 0 Å². The number of hydrogen-bond acceptors (Lipinski definition) is 4. The Balaban J connectivity index is 3.12. The van der Waals surface area contributed by atoms with Crippen molar-refractivity contribution in [3.63, 3.8) is 0 Å². The Morgan fingerprint density at radius 3 is 2.12 bits per heavy atom. The molecule has 0 aliphatic carbocycles. The molecule has 1 N–H and O–H groups in total. The van der Waals surface area contributed by atoms with Gasteiger partial charge in [-0.3, -0.25) is 0 Å². The monoisotopic (exact) mass is 344 g/mol. The van der Waals surface area contributed by atoms with Gasteiger partial charge in [-0.25, -0.2) is 9.59 Å². The van der Waals surface area contributed by atoms with Crippen molar-refractivity contribution < 1.29 is 33.0 Å². The van der Waals surface area contributed by atoms with Gasteiger partial charge in [0.25, 0.3) is 0 Å². The van der Waals surface area contributed by atoms with Crippen LogP contribution in [0, 0.1) is 5.92 Å². The highest BCUT2D eigenvalue weighted by Gasteiger charge is 2.51. The third-order valence-corrected chi connectivity index (χ3v) is 3.01. The number of benzene rings is 1. The lowest BCUT2D eigenvalue weighted by molar-refractivity contribution is -0.187. The molecule has 0 saturated heterocycles. The number of carbonyl (C=O) groups is 2. The van der Waals surface area contributed by atoms with Crippen LogP contribution in [0.3, 0.4) is 0 Å². The van der Waals surface area contributed by atoms with Gasteiger partial charge in [0.1, 0.15) is 16.9 Å². The third-order valence-electron chi connectivity index (χ3n) is 3.01. The highest BCUT2D eigenvalue weighted by atomic mass is 19.3. The highest BCUT2D eigenvalue weighted by Crippen LogP contribution is 2.30. The predicted octanol–water partition coefficient (Wildman–Crippen LogP) is 3.77. The molecule has 1 aromatic carbocycles. The molecule has 5 nitrogen and oxygen atoms in total. The van der Waals surface area contributed by atoms with Gasteiger partial charge in [0, 0.05) is 0 Å². The van der Waals surface area contributed by atoms with Crippen LogP contribution < -0.4 is 4.74 Å². The van der Waals surface area contributed by atoms with E-state index in [1.165, 1.54) is 32.0 Å². The van der Waals surface area contributed by atoms with E-state index in [1.54, 1.807) is 26.8 Å². The molecule has 0 radical (unpaired) electrons. The molecule has 0 heterocycles. The zero-order valence-electron chi connectivity index (χ0n) is 14.3. The van der Waals surface area contributed by atoms with E-state index in [0.717, 1.165) is 0 Å². The Bertz CT molecular complexity index is 605. The number of carboxylic acids is 1. The van der Waals surface area contributed by atoms with Crippen molar-refractivity contribution in [3.05, 3.63) is 29.8 Å². The first kappa shape index (κ1) is 19.9. The number of esters is 1. The third kappa shape index (κ3) is 4.91. The largest absolute Gasteiger partial charge is 0.487 e. The normalized spacial score (nSPS) is 13.5. The molecule has 7 heteroatoms. The summed E-state index contributed by atoms with van der Waals surface area (Å²) in [7, 11) is 0. The molecule has 1 unspecified atom stereocenters. The van der Waals surface area contributed by atoms with Crippen LogP contribution in [0.15, 0.2) is 24.3 Å². The van der Waals surface area contributed by atoms with Crippen LogP contribution in [0.2, 0.25) is 0 Å². The van der Waals surface area contributed by atoms with Crippen molar-refractivity contribution in [1.29, 1.82) is 0 Å². The van der Waals surface area contributed by atoms with Crippen molar-refractivity contribution in [2.45, 2.75) is 52.2 Å². The number of alkyl halides is 2. The average molecular weight is 344 g/mol.